The maximum absolute atomic E-state index is 11.6. The highest BCUT2D eigenvalue weighted by Crippen LogP contribution is 2.36. The van der Waals surface area contributed by atoms with Crippen LogP contribution in [0.2, 0.25) is 0 Å². The molecule has 1 aliphatic carbocycles. The van der Waals surface area contributed by atoms with Crippen molar-refractivity contribution < 1.29 is 19.7 Å². The number of carbonyl (C=O) groups is 1. The molecule has 0 bridgehead atoms. The van der Waals surface area contributed by atoms with Gasteiger partial charge in [0, 0.05) is 12.3 Å². The van der Waals surface area contributed by atoms with E-state index in [2.05, 4.69) is 26.3 Å². The maximum atomic E-state index is 11.6. The van der Waals surface area contributed by atoms with E-state index in [1.165, 1.54) is 63.6 Å². The van der Waals surface area contributed by atoms with E-state index < -0.39 is 0 Å². The number of esters is 1. The average molecular weight is 300 g/mol. The summed E-state index contributed by atoms with van der Waals surface area (Å²) in [4.78, 5) is 13.1. The molecule has 3 N–H and O–H groups in total. The Morgan fingerprint density at radius 2 is 2.05 bits per heavy atom. The number of quaternary nitrogens is 2. The second kappa shape index (κ2) is 10.2. The van der Waals surface area contributed by atoms with Gasteiger partial charge in [-0.15, -0.1) is 0 Å². The smallest absolute Gasteiger partial charge is 0.305 e. The summed E-state index contributed by atoms with van der Waals surface area (Å²) in [7, 11) is 5.93. The molecule has 124 valence electrons. The Kier molecular flexibility index (Phi) is 8.93. The monoisotopic (exact) mass is 300 g/mol. The molecule has 0 amide bonds. The Hall–Kier alpha value is -0.610. The van der Waals surface area contributed by atoms with Crippen LogP contribution >= 0.6 is 0 Å². The molecule has 4 nitrogen and oxygen atoms in total. The molecule has 0 aromatic heterocycles. The molecule has 0 heterocycles. The first-order valence-corrected chi connectivity index (χ1v) is 8.77. The van der Waals surface area contributed by atoms with Crippen LogP contribution in [0.1, 0.15) is 51.9 Å². The van der Waals surface area contributed by atoms with Crippen molar-refractivity contribution in [2.75, 3.05) is 34.3 Å². The molecule has 0 saturated heterocycles. The standard InChI is InChI=1S/C17H34N2O2/c1-5-6-7-8-15-14(13-17(20)21-4)9-10-16(15)18-11-12-19(2)3/h14-16,18H,5-13H2,1-4H3/p+2/t14-,15-,16-/m0/s1. The molecule has 0 aliphatic heterocycles. The number of nitrogens with one attached hydrogen (secondary N) is 1. The van der Waals surface area contributed by atoms with E-state index in [1.54, 1.807) is 0 Å². The van der Waals surface area contributed by atoms with Gasteiger partial charge in [-0.05, 0) is 25.2 Å². The van der Waals surface area contributed by atoms with Gasteiger partial charge in [-0.3, -0.25) is 4.79 Å². The lowest BCUT2D eigenvalue weighted by Gasteiger charge is -2.23. The highest BCUT2D eigenvalue weighted by atomic mass is 16.5. The number of hydrogen-bond acceptors (Lipinski definition) is 2. The number of methoxy groups -OCH3 is 1. The van der Waals surface area contributed by atoms with E-state index >= 15 is 0 Å². The van der Waals surface area contributed by atoms with Crippen LogP contribution in [0.5, 0.6) is 0 Å². The Balaban J connectivity index is 2.49. The third-order valence-corrected chi connectivity index (χ3v) is 4.94. The normalized spacial score (nSPS) is 25.5. The highest BCUT2D eigenvalue weighted by Gasteiger charge is 2.39. The van der Waals surface area contributed by atoms with Gasteiger partial charge in [0.05, 0.1) is 27.2 Å². The first kappa shape index (κ1) is 18.4. The largest absolute Gasteiger partial charge is 0.469 e. The number of rotatable bonds is 10. The summed E-state index contributed by atoms with van der Waals surface area (Å²) >= 11 is 0. The summed E-state index contributed by atoms with van der Waals surface area (Å²) < 4.78 is 4.88. The predicted molar refractivity (Wildman–Crippen MR) is 85.2 cm³/mol. The van der Waals surface area contributed by atoms with Crippen molar-refractivity contribution >= 4 is 5.97 Å². The molecule has 0 spiro atoms. The van der Waals surface area contributed by atoms with Crippen molar-refractivity contribution in [3.63, 3.8) is 0 Å². The number of hydrogen-bond donors (Lipinski definition) is 2. The Labute approximate surface area is 130 Å². The van der Waals surface area contributed by atoms with E-state index in [0.29, 0.717) is 18.3 Å². The summed E-state index contributed by atoms with van der Waals surface area (Å²) in [5, 5.41) is 2.54. The molecule has 1 aliphatic rings. The lowest BCUT2D eigenvalue weighted by molar-refractivity contribution is -0.877. The Morgan fingerprint density at radius 1 is 1.29 bits per heavy atom. The average Bonchev–Trinajstić information content (AvgIpc) is 2.81. The van der Waals surface area contributed by atoms with Gasteiger partial charge in [0.2, 0.25) is 0 Å². The lowest BCUT2D eigenvalue weighted by atomic mass is 9.86. The van der Waals surface area contributed by atoms with Gasteiger partial charge in [0.15, 0.2) is 0 Å². The fraction of sp³-hybridized carbons (Fsp3) is 0.941. The van der Waals surface area contributed by atoms with E-state index in [1.807, 2.05) is 0 Å². The van der Waals surface area contributed by atoms with Crippen LogP contribution in [0.4, 0.5) is 0 Å². The van der Waals surface area contributed by atoms with E-state index in [4.69, 9.17) is 4.74 Å². The van der Waals surface area contributed by atoms with Gasteiger partial charge in [-0.1, -0.05) is 26.2 Å². The third kappa shape index (κ3) is 6.79. The zero-order chi connectivity index (χ0) is 15.7. The van der Waals surface area contributed by atoms with Crippen molar-refractivity contribution in [2.45, 2.75) is 57.9 Å². The number of ether oxygens (including phenoxy) is 1. The molecule has 1 rings (SSSR count). The van der Waals surface area contributed by atoms with Gasteiger partial charge >= 0.3 is 5.97 Å². The van der Waals surface area contributed by atoms with Crippen molar-refractivity contribution in [3.8, 4) is 0 Å². The van der Waals surface area contributed by atoms with Crippen molar-refractivity contribution in [1.82, 2.24) is 0 Å². The van der Waals surface area contributed by atoms with Crippen LogP contribution in [-0.2, 0) is 9.53 Å². The number of unbranched alkanes of at least 4 members (excludes halogenated alkanes) is 2. The predicted octanol–water partition coefficient (Wildman–Crippen LogP) is 0.233. The summed E-state index contributed by atoms with van der Waals surface area (Å²) in [5.74, 6) is 1.22. The maximum Gasteiger partial charge on any atom is 0.305 e. The molecular formula is C17H36N2O2+2. The van der Waals surface area contributed by atoms with E-state index in [-0.39, 0.29) is 5.97 Å². The van der Waals surface area contributed by atoms with Gasteiger partial charge in [-0.25, -0.2) is 0 Å². The van der Waals surface area contributed by atoms with Crippen molar-refractivity contribution in [2.24, 2.45) is 11.8 Å². The lowest BCUT2D eigenvalue weighted by Crippen LogP contribution is -3.10. The van der Waals surface area contributed by atoms with Crippen LogP contribution in [0.15, 0.2) is 0 Å². The first-order chi connectivity index (χ1) is 10.1. The molecule has 4 heteroatoms. The Bertz CT molecular complexity index is 295. The minimum atomic E-state index is -0.0288. The molecule has 1 fully saturated rings. The summed E-state index contributed by atoms with van der Waals surface area (Å²) in [6.07, 6.45) is 8.26. The highest BCUT2D eigenvalue weighted by molar-refractivity contribution is 5.69. The Morgan fingerprint density at radius 3 is 2.67 bits per heavy atom. The van der Waals surface area contributed by atoms with Gasteiger partial charge in [0.1, 0.15) is 13.1 Å². The minimum Gasteiger partial charge on any atom is -0.469 e. The molecule has 0 aromatic rings. The number of nitrogens with two attached hydrogens (primary N) is 1. The molecule has 3 atom stereocenters. The quantitative estimate of drug-likeness (QED) is 0.448. The zero-order valence-electron chi connectivity index (χ0n) is 14.5. The second-order valence-corrected chi connectivity index (χ2v) is 6.92. The van der Waals surface area contributed by atoms with Crippen molar-refractivity contribution in [3.05, 3.63) is 0 Å². The van der Waals surface area contributed by atoms with Gasteiger partial charge in [0.25, 0.3) is 0 Å². The zero-order valence-corrected chi connectivity index (χ0v) is 14.5. The first-order valence-electron chi connectivity index (χ1n) is 8.77. The second-order valence-electron chi connectivity index (χ2n) is 6.92. The summed E-state index contributed by atoms with van der Waals surface area (Å²) in [6.45, 7) is 4.66. The third-order valence-electron chi connectivity index (χ3n) is 4.94. The van der Waals surface area contributed by atoms with Crippen LogP contribution in [0.25, 0.3) is 0 Å². The SMILES string of the molecule is CCCCC[C@H]1[C@H](CC(=O)OC)CC[C@@H]1[NH2+]CC[NH+](C)C. The van der Waals surface area contributed by atoms with Gasteiger partial charge < -0.3 is 15.0 Å². The van der Waals surface area contributed by atoms with Crippen LogP contribution in [-0.4, -0.2) is 46.3 Å². The van der Waals surface area contributed by atoms with Gasteiger partial charge in [-0.2, -0.15) is 0 Å². The molecule has 1 saturated carbocycles. The molecule has 0 radical (unpaired) electrons. The summed E-state index contributed by atoms with van der Waals surface area (Å²) in [5.41, 5.74) is 0. The molecule has 0 aromatic carbocycles. The minimum absolute atomic E-state index is 0.0288. The molecule has 21 heavy (non-hydrogen) atoms. The number of carbonyl (C=O) groups excluding carboxylic acids is 1. The van der Waals surface area contributed by atoms with Crippen LogP contribution in [0.3, 0.4) is 0 Å². The van der Waals surface area contributed by atoms with Crippen molar-refractivity contribution in [1.29, 1.82) is 0 Å². The van der Waals surface area contributed by atoms with E-state index in [0.717, 1.165) is 6.04 Å². The topological polar surface area (TPSA) is 47.3 Å². The van der Waals surface area contributed by atoms with Crippen LogP contribution in [0, 0.1) is 11.8 Å². The van der Waals surface area contributed by atoms with E-state index in [9.17, 15) is 4.79 Å². The molecule has 0 unspecified atom stereocenters. The van der Waals surface area contributed by atoms with Crippen LogP contribution < -0.4 is 10.2 Å². The number of likely N-dealkylation sites (N-methyl/N-ethyl adjacent to an activating group) is 1. The fourth-order valence-corrected chi connectivity index (χ4v) is 3.69. The molecular weight excluding hydrogens is 264 g/mol. The fourth-order valence-electron chi connectivity index (χ4n) is 3.69. The summed E-state index contributed by atoms with van der Waals surface area (Å²) in [6, 6.07) is 0.718.